The second kappa shape index (κ2) is 4.28. The van der Waals surface area contributed by atoms with Gasteiger partial charge in [-0.1, -0.05) is 0 Å². The van der Waals surface area contributed by atoms with Crippen molar-refractivity contribution in [3.63, 3.8) is 0 Å². The molecule has 0 aliphatic carbocycles. The van der Waals surface area contributed by atoms with Crippen LogP contribution in [0.15, 0.2) is 12.1 Å². The summed E-state index contributed by atoms with van der Waals surface area (Å²) in [6.07, 6.45) is 0. The summed E-state index contributed by atoms with van der Waals surface area (Å²) in [6.45, 7) is 0. The number of benzene rings is 1. The predicted octanol–water partition coefficient (Wildman–Crippen LogP) is 3.69. The topological polar surface area (TPSA) is 0 Å². The summed E-state index contributed by atoms with van der Waals surface area (Å²) in [5, 5.41) is 1.58. The first kappa shape index (κ1) is 10.1. The van der Waals surface area contributed by atoms with Crippen LogP contribution in [0.3, 0.4) is 0 Å². The molecule has 0 aromatic heterocycles. The normalized spacial score (nSPS) is 10.0. The van der Waals surface area contributed by atoms with Crippen LogP contribution in [0.1, 0.15) is 5.56 Å². The molecule has 1 aromatic rings. The summed E-state index contributed by atoms with van der Waals surface area (Å²) in [5.41, 5.74) is 1.07. The van der Waals surface area contributed by atoms with Crippen molar-refractivity contribution in [2.24, 2.45) is 0 Å². The standard InChI is InChI=1S/C7H4Cl3.Zr/c1-4-2-3-5(8)7(10)6(4)9;/h2-3H,1H2;. The summed E-state index contributed by atoms with van der Waals surface area (Å²) < 4.78 is 0.961. The van der Waals surface area contributed by atoms with E-state index in [4.69, 9.17) is 34.8 Å². The van der Waals surface area contributed by atoms with Gasteiger partial charge in [-0.25, -0.2) is 0 Å². The van der Waals surface area contributed by atoms with Gasteiger partial charge in [0.2, 0.25) is 0 Å². The van der Waals surface area contributed by atoms with E-state index in [1.807, 2.05) is 6.07 Å². The molecule has 0 aliphatic rings. The fraction of sp³-hybridized carbons (Fsp3) is 0.143. The van der Waals surface area contributed by atoms with E-state index >= 15 is 0 Å². The summed E-state index contributed by atoms with van der Waals surface area (Å²) >= 11 is 18.9. The Morgan fingerprint density at radius 1 is 1.09 bits per heavy atom. The molecule has 57 valence electrons. The Morgan fingerprint density at radius 2 is 1.73 bits per heavy atom. The van der Waals surface area contributed by atoms with Gasteiger partial charge in [-0.3, -0.25) is 0 Å². The molecule has 0 saturated heterocycles. The quantitative estimate of drug-likeness (QED) is 0.690. The first-order valence-corrected chi connectivity index (χ1v) is 5.81. The van der Waals surface area contributed by atoms with Gasteiger partial charge >= 0.3 is 96.4 Å². The van der Waals surface area contributed by atoms with Gasteiger partial charge in [0, 0.05) is 0 Å². The molecular weight excluding hydrogens is 282 g/mol. The first-order valence-electron chi connectivity index (χ1n) is 2.93. The molecule has 0 saturated carbocycles. The van der Waals surface area contributed by atoms with Crippen LogP contribution in [0, 0.1) is 0 Å². The summed E-state index contributed by atoms with van der Waals surface area (Å²) in [5.74, 6) is 0. The van der Waals surface area contributed by atoms with Crippen LogP contribution in [0.4, 0.5) is 0 Å². The number of hydrogen-bond acceptors (Lipinski definition) is 0. The molecule has 0 nitrogen and oxygen atoms in total. The molecule has 0 bridgehead atoms. The molecule has 0 aliphatic heterocycles. The molecule has 0 N–H and O–H groups in total. The minimum atomic E-state index is 0.466. The van der Waals surface area contributed by atoms with E-state index < -0.39 is 0 Å². The number of halogens is 3. The molecule has 1 aromatic carbocycles. The van der Waals surface area contributed by atoms with E-state index in [2.05, 4.69) is 0 Å². The van der Waals surface area contributed by atoms with E-state index in [1.54, 1.807) is 6.07 Å². The van der Waals surface area contributed by atoms with Gasteiger partial charge in [0.15, 0.2) is 0 Å². The number of hydrogen-bond donors (Lipinski definition) is 0. The molecule has 0 fully saturated rings. The van der Waals surface area contributed by atoms with Gasteiger partial charge in [-0.05, 0) is 0 Å². The van der Waals surface area contributed by atoms with Gasteiger partial charge in [0.05, 0.1) is 0 Å². The molecule has 0 spiro atoms. The van der Waals surface area contributed by atoms with Crippen LogP contribution >= 0.6 is 34.8 Å². The fourth-order valence-electron chi connectivity index (χ4n) is 0.702. The van der Waals surface area contributed by atoms with E-state index in [0.717, 1.165) is 9.69 Å². The molecule has 0 radical (unpaired) electrons. The third kappa shape index (κ3) is 2.21. The minimum absolute atomic E-state index is 0.466. The van der Waals surface area contributed by atoms with Crippen molar-refractivity contribution in [2.45, 2.75) is 4.13 Å². The molecular formula is C7H4Cl3Zr. The summed E-state index contributed by atoms with van der Waals surface area (Å²) in [4.78, 5) is 0. The Labute approximate surface area is 95.7 Å². The average Bonchev–Trinajstić information content (AvgIpc) is 2.01. The maximum absolute atomic E-state index is 5.90. The molecule has 0 unspecified atom stereocenters. The SMILES string of the molecule is Clc1ccc([CH2][Zr])c(Cl)c1Cl. The predicted molar refractivity (Wildman–Crippen MR) is 45.2 cm³/mol. The molecule has 1 rings (SSSR count). The van der Waals surface area contributed by atoms with Gasteiger partial charge in [-0.15, -0.1) is 0 Å². The van der Waals surface area contributed by atoms with E-state index in [1.165, 1.54) is 24.7 Å². The Balaban J connectivity index is 3.25. The van der Waals surface area contributed by atoms with Crippen LogP contribution in [0.25, 0.3) is 0 Å². The summed E-state index contributed by atoms with van der Waals surface area (Å²) in [7, 11) is 0. The molecule has 0 atom stereocenters. The van der Waals surface area contributed by atoms with E-state index in [9.17, 15) is 0 Å². The Hall–Kier alpha value is 0.973. The second-order valence-electron chi connectivity index (χ2n) is 2.01. The zero-order valence-electron chi connectivity index (χ0n) is 5.50. The Kier molecular flexibility index (Phi) is 3.91. The van der Waals surface area contributed by atoms with Crippen molar-refractivity contribution in [2.75, 3.05) is 0 Å². The third-order valence-corrected chi connectivity index (χ3v) is 3.57. The maximum atomic E-state index is 5.90. The molecule has 0 heterocycles. The molecule has 11 heavy (non-hydrogen) atoms. The number of rotatable bonds is 1. The molecule has 0 amide bonds. The zero-order chi connectivity index (χ0) is 8.43. The van der Waals surface area contributed by atoms with Crippen molar-refractivity contribution < 1.29 is 24.7 Å². The second-order valence-corrected chi connectivity index (χ2v) is 4.04. The van der Waals surface area contributed by atoms with Crippen molar-refractivity contribution >= 4 is 34.8 Å². The van der Waals surface area contributed by atoms with Crippen molar-refractivity contribution in [1.29, 1.82) is 0 Å². The Morgan fingerprint density at radius 3 is 2.27 bits per heavy atom. The van der Waals surface area contributed by atoms with Crippen LogP contribution in [0.2, 0.25) is 15.1 Å². The van der Waals surface area contributed by atoms with Gasteiger partial charge in [0.25, 0.3) is 0 Å². The van der Waals surface area contributed by atoms with E-state index in [-0.39, 0.29) is 0 Å². The van der Waals surface area contributed by atoms with Crippen LogP contribution in [0.5, 0.6) is 0 Å². The van der Waals surface area contributed by atoms with Gasteiger partial charge < -0.3 is 0 Å². The van der Waals surface area contributed by atoms with Crippen LogP contribution in [-0.4, -0.2) is 0 Å². The van der Waals surface area contributed by atoms with Gasteiger partial charge in [0.1, 0.15) is 0 Å². The van der Waals surface area contributed by atoms with Gasteiger partial charge in [-0.2, -0.15) is 0 Å². The van der Waals surface area contributed by atoms with Crippen molar-refractivity contribution in [3.8, 4) is 0 Å². The zero-order valence-corrected chi connectivity index (χ0v) is 10.2. The van der Waals surface area contributed by atoms with Crippen LogP contribution < -0.4 is 0 Å². The first-order chi connectivity index (χ1) is 5.16. The average molecular weight is 286 g/mol. The third-order valence-electron chi connectivity index (χ3n) is 1.31. The fourth-order valence-corrected chi connectivity index (χ4v) is 2.32. The van der Waals surface area contributed by atoms with Crippen molar-refractivity contribution in [3.05, 3.63) is 32.8 Å². The van der Waals surface area contributed by atoms with Crippen LogP contribution in [-0.2, 0) is 28.8 Å². The summed E-state index contributed by atoms with van der Waals surface area (Å²) in [6, 6.07) is 3.68. The monoisotopic (exact) mass is 283 g/mol. The van der Waals surface area contributed by atoms with Crippen molar-refractivity contribution in [1.82, 2.24) is 0 Å². The molecule has 4 heteroatoms. The Bertz CT molecular complexity index is 273. The van der Waals surface area contributed by atoms with E-state index in [0.29, 0.717) is 15.1 Å².